The highest BCUT2D eigenvalue weighted by molar-refractivity contribution is 6.51. The number of benzene rings is 2. The zero-order valence-electron chi connectivity index (χ0n) is 19.7. The molecule has 1 aromatic heterocycles. The molecule has 0 spiro atoms. The maximum atomic E-state index is 13.3. The highest BCUT2D eigenvalue weighted by Gasteiger charge is 2.48. The topological polar surface area (TPSA) is 80.0 Å². The molecule has 0 radical (unpaired) electrons. The van der Waals surface area contributed by atoms with E-state index in [0.717, 1.165) is 11.1 Å². The summed E-state index contributed by atoms with van der Waals surface area (Å²) in [7, 11) is 1.58. The van der Waals surface area contributed by atoms with Crippen molar-refractivity contribution in [2.75, 3.05) is 12.0 Å². The largest absolute Gasteiger partial charge is 0.507 e. The highest BCUT2D eigenvalue weighted by Crippen LogP contribution is 2.43. The number of ether oxygens (including phenoxy) is 1. The average molecular weight is 480 g/mol. The Morgan fingerprint density at radius 2 is 1.85 bits per heavy atom. The van der Waals surface area contributed by atoms with Crippen LogP contribution in [0.3, 0.4) is 0 Å². The molecule has 0 aliphatic carbocycles. The number of rotatable bonds is 4. The van der Waals surface area contributed by atoms with Gasteiger partial charge in [0.05, 0.1) is 18.9 Å². The number of anilines is 1. The quantitative estimate of drug-likeness (QED) is 0.275. The molecule has 3 aromatic rings. The van der Waals surface area contributed by atoms with Crippen molar-refractivity contribution in [2.24, 2.45) is 0 Å². The minimum absolute atomic E-state index is 0.0540. The average Bonchev–Trinajstić information content (AvgIpc) is 3.41. The second-order valence-corrected chi connectivity index (χ2v) is 9.69. The fourth-order valence-electron chi connectivity index (χ4n) is 4.14. The third-order valence-electron chi connectivity index (χ3n) is 5.97. The van der Waals surface area contributed by atoms with Gasteiger partial charge in [0.2, 0.25) is 0 Å². The molecule has 1 N–H and O–H groups in total. The van der Waals surface area contributed by atoms with Gasteiger partial charge in [0.1, 0.15) is 23.3 Å². The number of halogens is 1. The third-order valence-corrected chi connectivity index (χ3v) is 6.38. The summed E-state index contributed by atoms with van der Waals surface area (Å²) in [5.74, 6) is -0.840. The second-order valence-electron chi connectivity index (χ2n) is 9.28. The second kappa shape index (κ2) is 8.69. The summed E-state index contributed by atoms with van der Waals surface area (Å²) in [5.41, 5.74) is 2.19. The van der Waals surface area contributed by atoms with E-state index in [2.05, 4.69) is 0 Å². The molecular formula is C27H26ClNO5. The van der Waals surface area contributed by atoms with Gasteiger partial charge >= 0.3 is 0 Å². The lowest BCUT2D eigenvalue weighted by Crippen LogP contribution is -2.29. The molecule has 7 heteroatoms. The van der Waals surface area contributed by atoms with E-state index in [4.69, 9.17) is 20.8 Å². The van der Waals surface area contributed by atoms with Crippen LogP contribution in [0.4, 0.5) is 5.69 Å². The number of nitrogens with zero attached hydrogens (tertiary/aromatic N) is 1. The summed E-state index contributed by atoms with van der Waals surface area (Å²) in [5, 5.41) is 11.8. The van der Waals surface area contributed by atoms with Gasteiger partial charge in [-0.3, -0.25) is 14.5 Å². The molecular weight excluding hydrogens is 454 g/mol. The SMILES string of the molecule is COc1ccc(/C(O)=C2/C(=O)C(=O)N(c3ccc(C)c(Cl)c3)C2c2ccco2)cc1C(C)(C)C. The number of aliphatic hydroxyl groups is 1. The fourth-order valence-corrected chi connectivity index (χ4v) is 4.32. The molecule has 1 fully saturated rings. The minimum atomic E-state index is -0.950. The summed E-state index contributed by atoms with van der Waals surface area (Å²) in [6.07, 6.45) is 1.46. The zero-order chi connectivity index (χ0) is 24.8. The Balaban J connectivity index is 1.93. The van der Waals surface area contributed by atoms with Gasteiger partial charge in [-0.25, -0.2) is 0 Å². The molecule has 1 atom stereocenters. The van der Waals surface area contributed by atoms with E-state index < -0.39 is 17.7 Å². The van der Waals surface area contributed by atoms with Crippen molar-refractivity contribution in [1.29, 1.82) is 0 Å². The first-order valence-corrected chi connectivity index (χ1v) is 11.2. The van der Waals surface area contributed by atoms with E-state index in [1.807, 2.05) is 27.7 Å². The van der Waals surface area contributed by atoms with Gasteiger partial charge < -0.3 is 14.3 Å². The molecule has 0 saturated carbocycles. The van der Waals surface area contributed by atoms with Gasteiger partial charge in [-0.2, -0.15) is 0 Å². The molecule has 0 bridgehead atoms. The van der Waals surface area contributed by atoms with E-state index in [-0.39, 0.29) is 16.7 Å². The van der Waals surface area contributed by atoms with Crippen LogP contribution in [0.25, 0.3) is 5.76 Å². The van der Waals surface area contributed by atoms with Gasteiger partial charge in [-0.05, 0) is 60.4 Å². The number of Topliss-reactive ketones (excluding diaryl/α,β-unsaturated/α-hetero) is 1. The van der Waals surface area contributed by atoms with Crippen LogP contribution in [-0.4, -0.2) is 23.9 Å². The third kappa shape index (κ3) is 3.99. The van der Waals surface area contributed by atoms with Gasteiger partial charge in [-0.1, -0.05) is 38.4 Å². The molecule has 1 saturated heterocycles. The van der Waals surface area contributed by atoms with Gasteiger partial charge in [0.25, 0.3) is 11.7 Å². The fraction of sp³-hybridized carbons (Fsp3) is 0.259. The monoisotopic (exact) mass is 479 g/mol. The first kappa shape index (κ1) is 23.6. The number of carbonyl (C=O) groups is 2. The van der Waals surface area contributed by atoms with Gasteiger partial charge in [0, 0.05) is 21.8 Å². The first-order chi connectivity index (χ1) is 16.0. The van der Waals surface area contributed by atoms with E-state index in [1.165, 1.54) is 11.2 Å². The highest BCUT2D eigenvalue weighted by atomic mass is 35.5. The Hall–Kier alpha value is -3.51. The van der Waals surface area contributed by atoms with Gasteiger partial charge in [-0.15, -0.1) is 0 Å². The molecule has 1 unspecified atom stereocenters. The number of amides is 1. The van der Waals surface area contributed by atoms with Gasteiger partial charge in [0.15, 0.2) is 0 Å². The Labute approximate surface area is 203 Å². The maximum Gasteiger partial charge on any atom is 0.300 e. The van der Waals surface area contributed by atoms with Crippen LogP contribution in [0, 0.1) is 6.92 Å². The molecule has 4 rings (SSSR count). The lowest BCUT2D eigenvalue weighted by Gasteiger charge is -2.24. The first-order valence-electron chi connectivity index (χ1n) is 10.8. The lowest BCUT2D eigenvalue weighted by molar-refractivity contribution is -0.132. The van der Waals surface area contributed by atoms with Crippen molar-refractivity contribution >= 4 is 34.7 Å². The van der Waals surface area contributed by atoms with E-state index >= 15 is 0 Å². The number of hydrogen-bond donors (Lipinski definition) is 1. The number of ketones is 1. The van der Waals surface area contributed by atoms with E-state index in [0.29, 0.717) is 27.8 Å². The minimum Gasteiger partial charge on any atom is -0.507 e. The Morgan fingerprint density at radius 3 is 2.44 bits per heavy atom. The number of methoxy groups -OCH3 is 1. The van der Waals surface area contributed by atoms with E-state index in [9.17, 15) is 14.7 Å². The number of aryl methyl sites for hydroxylation is 1. The number of aliphatic hydroxyl groups excluding tert-OH is 1. The predicted molar refractivity (Wildman–Crippen MR) is 131 cm³/mol. The Kier molecular flexibility index (Phi) is 6.04. The van der Waals surface area contributed by atoms with Crippen molar-refractivity contribution < 1.29 is 23.8 Å². The van der Waals surface area contributed by atoms with Crippen LogP contribution >= 0.6 is 11.6 Å². The molecule has 2 aromatic carbocycles. The van der Waals surface area contributed by atoms with Crippen molar-refractivity contribution in [3.8, 4) is 5.75 Å². The van der Waals surface area contributed by atoms with Crippen molar-refractivity contribution in [3.05, 3.63) is 87.8 Å². The standard InChI is InChI=1S/C27H26ClNO5/c1-15-8-10-17(14-19(15)28)29-23(21-7-6-12-34-21)22(25(31)26(29)32)24(30)16-9-11-20(33-5)18(13-16)27(2,3)4/h6-14,23,30H,1-5H3/b24-22-. The van der Waals surface area contributed by atoms with Crippen LogP contribution in [0.2, 0.25) is 5.02 Å². The molecule has 1 amide bonds. The number of furan rings is 1. The predicted octanol–water partition coefficient (Wildman–Crippen LogP) is 6.17. The number of carbonyl (C=O) groups excluding carboxylic acids is 2. The van der Waals surface area contributed by atoms with Crippen molar-refractivity contribution in [3.63, 3.8) is 0 Å². The smallest absolute Gasteiger partial charge is 0.300 e. The summed E-state index contributed by atoms with van der Waals surface area (Å²) in [4.78, 5) is 27.8. The molecule has 6 nitrogen and oxygen atoms in total. The van der Waals surface area contributed by atoms with Crippen LogP contribution in [-0.2, 0) is 15.0 Å². The Bertz CT molecular complexity index is 1300. The molecule has 2 heterocycles. The number of hydrogen-bond acceptors (Lipinski definition) is 5. The summed E-state index contributed by atoms with van der Waals surface area (Å²) in [6.45, 7) is 7.92. The van der Waals surface area contributed by atoms with Crippen LogP contribution in [0.1, 0.15) is 49.3 Å². The molecule has 34 heavy (non-hydrogen) atoms. The van der Waals surface area contributed by atoms with Crippen LogP contribution < -0.4 is 9.64 Å². The van der Waals surface area contributed by atoms with E-state index in [1.54, 1.807) is 55.6 Å². The van der Waals surface area contributed by atoms with Crippen molar-refractivity contribution in [2.45, 2.75) is 39.2 Å². The van der Waals surface area contributed by atoms with Crippen LogP contribution in [0.15, 0.2) is 64.8 Å². The summed E-state index contributed by atoms with van der Waals surface area (Å²) < 4.78 is 11.1. The maximum absolute atomic E-state index is 13.3. The van der Waals surface area contributed by atoms with Crippen LogP contribution in [0.5, 0.6) is 5.75 Å². The summed E-state index contributed by atoms with van der Waals surface area (Å²) in [6, 6.07) is 12.7. The zero-order valence-corrected chi connectivity index (χ0v) is 20.4. The van der Waals surface area contributed by atoms with Crippen molar-refractivity contribution in [1.82, 2.24) is 0 Å². The molecule has 176 valence electrons. The molecule has 1 aliphatic rings. The molecule has 1 aliphatic heterocycles. The Morgan fingerprint density at radius 1 is 1.12 bits per heavy atom. The normalized spacial score (nSPS) is 17.9. The lowest BCUT2D eigenvalue weighted by atomic mass is 9.84. The summed E-state index contributed by atoms with van der Waals surface area (Å²) >= 11 is 6.31.